The first kappa shape index (κ1) is 14.9. The lowest BCUT2D eigenvalue weighted by atomic mass is 10.3. The largest absolute Gasteiger partial charge is 0.346 e. The normalized spacial score (nSPS) is 19.0. The molecule has 0 spiro atoms. The van der Waals surface area contributed by atoms with E-state index in [4.69, 9.17) is 0 Å². The molecule has 2 aromatic rings. The summed E-state index contributed by atoms with van der Waals surface area (Å²) in [6.07, 6.45) is 1.18. The fraction of sp³-hybridized carbons (Fsp3) is 0.333. The van der Waals surface area contributed by atoms with Gasteiger partial charge in [-0.15, -0.1) is 11.3 Å². The summed E-state index contributed by atoms with van der Waals surface area (Å²) < 4.78 is 28.2. The van der Waals surface area contributed by atoms with E-state index in [1.807, 2.05) is 6.92 Å². The van der Waals surface area contributed by atoms with E-state index in [1.54, 1.807) is 22.9 Å². The number of urea groups is 1. The molecule has 7 heteroatoms. The van der Waals surface area contributed by atoms with Gasteiger partial charge in [-0.2, -0.15) is 4.99 Å². The van der Waals surface area contributed by atoms with Crippen LogP contribution in [0, 0.1) is 12.7 Å². The number of carbonyl (C=O) groups is 1. The van der Waals surface area contributed by atoms with Crippen molar-refractivity contribution in [1.82, 2.24) is 9.47 Å². The van der Waals surface area contributed by atoms with E-state index in [2.05, 4.69) is 4.99 Å². The minimum Gasteiger partial charge on any atom is -0.320 e. The number of likely N-dealkylation sites (tertiary alicyclic amines) is 1. The Morgan fingerprint density at radius 3 is 2.95 bits per heavy atom. The number of thiazole rings is 1. The number of alkyl halides is 1. The molecule has 0 bridgehead atoms. The Balaban J connectivity index is 1.97. The van der Waals surface area contributed by atoms with Crippen molar-refractivity contribution in [2.24, 2.45) is 4.99 Å². The molecule has 1 aromatic heterocycles. The van der Waals surface area contributed by atoms with Gasteiger partial charge in [0.25, 0.3) is 0 Å². The molecule has 1 aromatic carbocycles. The number of hydrogen-bond donors (Lipinski definition) is 0. The van der Waals surface area contributed by atoms with Crippen LogP contribution in [0.2, 0.25) is 0 Å². The highest BCUT2D eigenvalue weighted by molar-refractivity contribution is 7.09. The van der Waals surface area contributed by atoms with Crippen LogP contribution >= 0.6 is 11.3 Å². The lowest BCUT2D eigenvalue weighted by Gasteiger charge is -2.10. The van der Waals surface area contributed by atoms with Gasteiger partial charge < -0.3 is 4.90 Å². The molecule has 2 amide bonds. The summed E-state index contributed by atoms with van der Waals surface area (Å²) in [4.78, 5) is 19.0. The fourth-order valence-electron chi connectivity index (χ4n) is 2.39. The summed E-state index contributed by atoms with van der Waals surface area (Å²) >= 11 is 1.34. The first-order chi connectivity index (χ1) is 10.5. The van der Waals surface area contributed by atoms with Gasteiger partial charge >= 0.3 is 6.03 Å². The standard InChI is InChI=1S/C15H15F2N3OS/c1-10-8-20(13-4-2-3-11(16)7-13)15(22-10)18-14(21)19-6-5-12(17)9-19/h2-4,7-8,12H,5-6,9H2,1H3/b18-15-/t12-/m1/s1. The Kier molecular flexibility index (Phi) is 4.06. The molecule has 0 N–H and O–H groups in total. The minimum absolute atomic E-state index is 0.0899. The SMILES string of the molecule is Cc1cn(-c2cccc(F)c2)/c(=N/C(=O)N2CC[C@@H](F)C2)s1. The Bertz CT molecular complexity index is 768. The zero-order valence-corrected chi connectivity index (χ0v) is 12.8. The average molecular weight is 323 g/mol. The maximum atomic E-state index is 13.4. The Labute approximate surface area is 130 Å². The van der Waals surface area contributed by atoms with Gasteiger partial charge in [-0.05, 0) is 31.5 Å². The minimum atomic E-state index is -0.973. The lowest BCUT2D eigenvalue weighted by Crippen LogP contribution is -2.28. The van der Waals surface area contributed by atoms with Gasteiger partial charge in [-0.25, -0.2) is 13.6 Å². The smallest absolute Gasteiger partial charge is 0.320 e. The molecule has 116 valence electrons. The van der Waals surface area contributed by atoms with Gasteiger partial charge in [-0.3, -0.25) is 4.57 Å². The van der Waals surface area contributed by atoms with Crippen LogP contribution in [-0.4, -0.2) is 34.8 Å². The van der Waals surface area contributed by atoms with Gasteiger partial charge in [0.15, 0.2) is 4.80 Å². The van der Waals surface area contributed by atoms with Crippen molar-refractivity contribution in [3.05, 3.63) is 46.0 Å². The second-order valence-electron chi connectivity index (χ2n) is 5.20. The van der Waals surface area contributed by atoms with Crippen molar-refractivity contribution < 1.29 is 13.6 Å². The highest BCUT2D eigenvalue weighted by Gasteiger charge is 2.25. The second kappa shape index (κ2) is 6.00. The van der Waals surface area contributed by atoms with Crippen LogP contribution in [0.1, 0.15) is 11.3 Å². The molecule has 0 aliphatic carbocycles. The fourth-order valence-corrected chi connectivity index (χ4v) is 3.21. The van der Waals surface area contributed by atoms with Gasteiger partial charge in [0.1, 0.15) is 12.0 Å². The highest BCUT2D eigenvalue weighted by Crippen LogP contribution is 2.14. The molecule has 1 aliphatic rings. The van der Waals surface area contributed by atoms with Crippen molar-refractivity contribution in [2.75, 3.05) is 13.1 Å². The Hall–Kier alpha value is -2.02. The summed E-state index contributed by atoms with van der Waals surface area (Å²) in [7, 11) is 0. The number of carbonyl (C=O) groups excluding carboxylic acids is 1. The maximum absolute atomic E-state index is 13.4. The van der Waals surface area contributed by atoms with Gasteiger partial charge in [0.2, 0.25) is 0 Å². The van der Waals surface area contributed by atoms with E-state index in [-0.39, 0.29) is 12.4 Å². The molecule has 22 heavy (non-hydrogen) atoms. The molecular weight excluding hydrogens is 308 g/mol. The number of benzene rings is 1. The van der Waals surface area contributed by atoms with E-state index in [0.29, 0.717) is 23.5 Å². The highest BCUT2D eigenvalue weighted by atomic mass is 32.1. The Morgan fingerprint density at radius 2 is 2.27 bits per heavy atom. The van der Waals surface area contributed by atoms with Crippen LogP contribution in [0.4, 0.5) is 13.6 Å². The van der Waals surface area contributed by atoms with Crippen LogP contribution in [0.3, 0.4) is 0 Å². The molecule has 1 saturated heterocycles. The second-order valence-corrected chi connectivity index (χ2v) is 6.41. The molecule has 4 nitrogen and oxygen atoms in total. The average Bonchev–Trinajstić information content (AvgIpc) is 3.05. The van der Waals surface area contributed by atoms with Crippen molar-refractivity contribution in [1.29, 1.82) is 0 Å². The number of aryl methyl sites for hydroxylation is 1. The van der Waals surface area contributed by atoms with Crippen LogP contribution < -0.4 is 4.80 Å². The van der Waals surface area contributed by atoms with Crippen LogP contribution in [-0.2, 0) is 0 Å². The number of aromatic nitrogens is 1. The summed E-state index contributed by atoms with van der Waals surface area (Å²) in [5.74, 6) is -0.356. The van der Waals surface area contributed by atoms with Gasteiger partial charge in [0.05, 0.1) is 12.2 Å². The first-order valence-electron chi connectivity index (χ1n) is 6.95. The van der Waals surface area contributed by atoms with E-state index in [9.17, 15) is 13.6 Å². The third-order valence-electron chi connectivity index (χ3n) is 3.45. The number of hydrogen-bond acceptors (Lipinski definition) is 2. The van der Waals surface area contributed by atoms with E-state index in [0.717, 1.165) is 4.88 Å². The lowest BCUT2D eigenvalue weighted by molar-refractivity contribution is 0.213. The summed E-state index contributed by atoms with van der Waals surface area (Å²) in [5.41, 5.74) is 0.598. The molecule has 1 atom stereocenters. The molecular formula is C15H15F2N3OS. The maximum Gasteiger partial charge on any atom is 0.346 e. The molecule has 1 fully saturated rings. The zero-order valence-electron chi connectivity index (χ0n) is 12.0. The molecule has 3 rings (SSSR count). The first-order valence-corrected chi connectivity index (χ1v) is 7.77. The van der Waals surface area contributed by atoms with Gasteiger partial charge in [-0.1, -0.05) is 6.07 Å². The molecule has 2 heterocycles. The summed E-state index contributed by atoms with van der Waals surface area (Å²) in [6.45, 7) is 2.36. The number of rotatable bonds is 1. The molecule has 0 unspecified atom stereocenters. The van der Waals surface area contributed by atoms with Crippen molar-refractivity contribution in [3.8, 4) is 5.69 Å². The van der Waals surface area contributed by atoms with E-state index < -0.39 is 12.2 Å². The predicted octanol–water partition coefficient (Wildman–Crippen LogP) is 3.05. The summed E-state index contributed by atoms with van der Waals surface area (Å²) in [6, 6.07) is 5.63. The summed E-state index contributed by atoms with van der Waals surface area (Å²) in [5, 5.41) is 0. The quantitative estimate of drug-likeness (QED) is 0.795. The predicted molar refractivity (Wildman–Crippen MR) is 80.4 cm³/mol. The van der Waals surface area contributed by atoms with E-state index in [1.165, 1.54) is 28.4 Å². The van der Waals surface area contributed by atoms with Crippen molar-refractivity contribution in [2.45, 2.75) is 19.5 Å². The number of nitrogens with zero attached hydrogens (tertiary/aromatic N) is 3. The van der Waals surface area contributed by atoms with Gasteiger partial charge in [0, 0.05) is 17.6 Å². The number of amides is 2. The molecule has 0 saturated carbocycles. The Morgan fingerprint density at radius 1 is 1.45 bits per heavy atom. The van der Waals surface area contributed by atoms with Crippen molar-refractivity contribution in [3.63, 3.8) is 0 Å². The van der Waals surface area contributed by atoms with Crippen LogP contribution in [0.5, 0.6) is 0 Å². The van der Waals surface area contributed by atoms with Crippen LogP contribution in [0.25, 0.3) is 5.69 Å². The molecule has 1 aliphatic heterocycles. The van der Waals surface area contributed by atoms with Crippen LogP contribution in [0.15, 0.2) is 35.5 Å². The zero-order chi connectivity index (χ0) is 15.7. The van der Waals surface area contributed by atoms with Crippen molar-refractivity contribution >= 4 is 17.4 Å². The third-order valence-corrected chi connectivity index (χ3v) is 4.35. The van der Waals surface area contributed by atoms with E-state index >= 15 is 0 Å². The monoisotopic (exact) mass is 323 g/mol. The molecule has 0 radical (unpaired) electrons. The number of halogens is 2. The topological polar surface area (TPSA) is 37.6 Å². The third kappa shape index (κ3) is 3.09.